The minimum absolute atomic E-state index is 0.119. The van der Waals surface area contributed by atoms with Gasteiger partial charge in [-0.25, -0.2) is 5.06 Å². The van der Waals surface area contributed by atoms with Gasteiger partial charge in [-0.2, -0.15) is 0 Å². The average Bonchev–Trinajstić information content (AvgIpc) is 3.42. The molecule has 1 fully saturated rings. The fraction of sp³-hybridized carbons (Fsp3) is 0.655. The van der Waals surface area contributed by atoms with Crippen molar-refractivity contribution in [1.29, 1.82) is 0 Å². The molecule has 8 nitrogen and oxygen atoms in total. The molecule has 206 valence electrons. The number of hydrogen-bond donors (Lipinski definition) is 1. The smallest absolute Gasteiger partial charge is 0.308 e. The molecule has 0 aromatic heterocycles. The number of rotatable bonds is 13. The van der Waals surface area contributed by atoms with Gasteiger partial charge in [0.25, 0.3) is 5.91 Å². The van der Waals surface area contributed by atoms with E-state index in [2.05, 4.69) is 45.6 Å². The second-order valence-electron chi connectivity index (χ2n) is 11.2. The fourth-order valence-corrected chi connectivity index (χ4v) is 5.62. The molecule has 0 radical (unpaired) electrons. The first-order valence-corrected chi connectivity index (χ1v) is 13.5. The Morgan fingerprint density at radius 3 is 2.57 bits per heavy atom. The minimum atomic E-state index is -0.847. The summed E-state index contributed by atoms with van der Waals surface area (Å²) < 4.78 is 11.0. The standard InChI is InChI=1S/C29H44N2O6/c1-7-9-12-31(37-13-8-2)26(32)18-30-17-22(21-10-11-24-25(14-21)36-19-35-24)27(28(33)34)23(30)16-29(5,6)15-20(3)4/h10-11,14-15,22-23,27H,7-9,12-13,16-19H2,1-6H3,(H,33,34)/t22-,23+,27-/m1/s1. The third kappa shape index (κ3) is 7.48. The number of fused-ring (bicyclic) bond motifs is 1. The van der Waals surface area contributed by atoms with Crippen LogP contribution >= 0.6 is 0 Å². The SMILES string of the molecule is CCCCN(OCCC)C(=O)CN1C[C@H](c2ccc3c(c2)OCO3)[C@@H](C(=O)O)[C@@H]1CC(C)(C)C=C(C)C. The topological polar surface area (TPSA) is 88.5 Å². The molecule has 0 spiro atoms. The number of carbonyl (C=O) groups is 2. The van der Waals surface area contributed by atoms with E-state index in [4.69, 9.17) is 14.3 Å². The lowest BCUT2D eigenvalue weighted by Crippen LogP contribution is -2.45. The lowest BCUT2D eigenvalue weighted by atomic mass is 9.77. The summed E-state index contributed by atoms with van der Waals surface area (Å²) in [4.78, 5) is 34.1. The van der Waals surface area contributed by atoms with E-state index in [1.54, 1.807) is 0 Å². The van der Waals surface area contributed by atoms with Gasteiger partial charge in [-0.15, -0.1) is 0 Å². The number of nitrogens with zero attached hydrogens (tertiary/aromatic N) is 2. The van der Waals surface area contributed by atoms with Crippen molar-refractivity contribution in [1.82, 2.24) is 9.96 Å². The quantitative estimate of drug-likeness (QED) is 0.283. The molecule has 3 rings (SSSR count). The normalized spacial score (nSPS) is 21.2. The summed E-state index contributed by atoms with van der Waals surface area (Å²) in [6.07, 6.45) is 5.43. The van der Waals surface area contributed by atoms with Crippen molar-refractivity contribution in [2.75, 3.05) is 33.0 Å². The second-order valence-corrected chi connectivity index (χ2v) is 11.2. The number of carboxylic acids is 1. The van der Waals surface area contributed by atoms with E-state index in [1.165, 1.54) is 10.6 Å². The van der Waals surface area contributed by atoms with Gasteiger partial charge in [0.2, 0.25) is 6.79 Å². The molecule has 1 aromatic rings. The molecule has 0 saturated carbocycles. The van der Waals surface area contributed by atoms with Crippen LogP contribution in [0.2, 0.25) is 0 Å². The molecule has 1 saturated heterocycles. The Kier molecular flexibility index (Phi) is 10.0. The first kappa shape index (κ1) is 29.0. The zero-order valence-corrected chi connectivity index (χ0v) is 23.3. The van der Waals surface area contributed by atoms with Crippen LogP contribution in [0.5, 0.6) is 11.5 Å². The first-order chi connectivity index (χ1) is 17.6. The number of allylic oxidation sites excluding steroid dienone is 2. The van der Waals surface area contributed by atoms with Crippen LogP contribution < -0.4 is 9.47 Å². The Morgan fingerprint density at radius 1 is 1.19 bits per heavy atom. The average molecular weight is 517 g/mol. The van der Waals surface area contributed by atoms with Crippen molar-refractivity contribution in [2.24, 2.45) is 11.3 Å². The molecule has 3 atom stereocenters. The van der Waals surface area contributed by atoms with E-state index < -0.39 is 11.9 Å². The summed E-state index contributed by atoms with van der Waals surface area (Å²) in [5, 5.41) is 11.9. The molecular weight excluding hydrogens is 472 g/mol. The number of carbonyl (C=O) groups excluding carboxylic acids is 1. The molecule has 1 amide bonds. The van der Waals surface area contributed by atoms with Gasteiger partial charge in [-0.1, -0.05) is 51.8 Å². The van der Waals surface area contributed by atoms with Crippen LogP contribution in [0.15, 0.2) is 29.8 Å². The fourth-order valence-electron chi connectivity index (χ4n) is 5.62. The molecule has 8 heteroatoms. The third-order valence-electron chi connectivity index (χ3n) is 7.06. The molecule has 0 aliphatic carbocycles. The summed E-state index contributed by atoms with van der Waals surface area (Å²) >= 11 is 0. The van der Waals surface area contributed by atoms with Gasteiger partial charge in [-0.3, -0.25) is 19.3 Å². The highest BCUT2D eigenvalue weighted by Gasteiger charge is 2.48. The lowest BCUT2D eigenvalue weighted by molar-refractivity contribution is -0.188. The maximum Gasteiger partial charge on any atom is 0.308 e. The number of unbranched alkanes of at least 4 members (excludes halogenated alkanes) is 1. The zero-order chi connectivity index (χ0) is 27.2. The van der Waals surface area contributed by atoms with Crippen LogP contribution in [-0.2, 0) is 14.4 Å². The number of likely N-dealkylation sites (tertiary alicyclic amines) is 1. The maximum atomic E-state index is 13.4. The summed E-state index contributed by atoms with van der Waals surface area (Å²) in [5.74, 6) is -0.618. The van der Waals surface area contributed by atoms with Crippen LogP contribution in [0.3, 0.4) is 0 Å². The van der Waals surface area contributed by atoms with Crippen molar-refractivity contribution in [2.45, 2.75) is 79.2 Å². The molecule has 2 aliphatic rings. The van der Waals surface area contributed by atoms with Crippen molar-refractivity contribution in [3.63, 3.8) is 0 Å². The van der Waals surface area contributed by atoms with E-state index in [-0.39, 0.29) is 36.6 Å². The molecule has 2 aliphatic heterocycles. The van der Waals surface area contributed by atoms with Crippen molar-refractivity contribution >= 4 is 11.9 Å². The summed E-state index contributed by atoms with van der Waals surface area (Å²) in [5.41, 5.74) is 1.84. The Balaban J connectivity index is 1.93. The van der Waals surface area contributed by atoms with E-state index in [1.807, 2.05) is 25.1 Å². The minimum Gasteiger partial charge on any atom is -0.481 e. The molecule has 37 heavy (non-hydrogen) atoms. The van der Waals surface area contributed by atoms with Crippen LogP contribution in [0.1, 0.15) is 78.7 Å². The van der Waals surface area contributed by atoms with E-state index in [9.17, 15) is 14.7 Å². The highest BCUT2D eigenvalue weighted by Crippen LogP contribution is 2.45. The highest BCUT2D eigenvalue weighted by molar-refractivity contribution is 5.78. The number of ether oxygens (including phenoxy) is 2. The predicted molar refractivity (Wildman–Crippen MR) is 142 cm³/mol. The number of benzene rings is 1. The molecule has 0 unspecified atom stereocenters. The Bertz CT molecular complexity index is 963. The van der Waals surface area contributed by atoms with Crippen LogP contribution in [0.4, 0.5) is 0 Å². The molecule has 2 heterocycles. The van der Waals surface area contributed by atoms with Gasteiger partial charge in [0.05, 0.1) is 19.1 Å². The maximum absolute atomic E-state index is 13.4. The molecule has 1 N–H and O–H groups in total. The van der Waals surface area contributed by atoms with Gasteiger partial charge in [0, 0.05) is 25.0 Å². The van der Waals surface area contributed by atoms with Gasteiger partial charge in [-0.05, 0) is 56.2 Å². The third-order valence-corrected chi connectivity index (χ3v) is 7.06. The van der Waals surface area contributed by atoms with Crippen LogP contribution in [-0.4, -0.2) is 66.0 Å². The van der Waals surface area contributed by atoms with Gasteiger partial charge < -0.3 is 14.6 Å². The zero-order valence-electron chi connectivity index (χ0n) is 23.3. The Hall–Kier alpha value is -2.58. The van der Waals surface area contributed by atoms with Gasteiger partial charge in [0.15, 0.2) is 11.5 Å². The van der Waals surface area contributed by atoms with E-state index >= 15 is 0 Å². The van der Waals surface area contributed by atoms with Crippen LogP contribution in [0.25, 0.3) is 0 Å². The number of aliphatic carboxylic acids is 1. The van der Waals surface area contributed by atoms with E-state index in [0.29, 0.717) is 37.6 Å². The number of carboxylic acid groups (broad SMARTS) is 1. The van der Waals surface area contributed by atoms with E-state index in [0.717, 1.165) is 24.8 Å². The lowest BCUT2D eigenvalue weighted by Gasteiger charge is -2.34. The van der Waals surface area contributed by atoms with Gasteiger partial charge in [0.1, 0.15) is 0 Å². The van der Waals surface area contributed by atoms with Crippen molar-refractivity contribution in [3.8, 4) is 11.5 Å². The predicted octanol–water partition coefficient (Wildman–Crippen LogP) is 5.24. The van der Waals surface area contributed by atoms with Crippen LogP contribution in [0, 0.1) is 11.3 Å². The monoisotopic (exact) mass is 516 g/mol. The largest absolute Gasteiger partial charge is 0.481 e. The van der Waals surface area contributed by atoms with Crippen molar-refractivity contribution < 1.29 is 29.0 Å². The summed E-state index contributed by atoms with van der Waals surface area (Å²) in [6, 6.07) is 5.35. The number of hydrogen-bond acceptors (Lipinski definition) is 6. The highest BCUT2D eigenvalue weighted by atomic mass is 16.7. The molecular formula is C29H44N2O6. The molecule has 1 aromatic carbocycles. The second kappa shape index (κ2) is 12.8. The first-order valence-electron chi connectivity index (χ1n) is 13.5. The summed E-state index contributed by atoms with van der Waals surface area (Å²) in [6.45, 7) is 14.2. The summed E-state index contributed by atoms with van der Waals surface area (Å²) in [7, 11) is 0. The number of amides is 1. The van der Waals surface area contributed by atoms with Crippen molar-refractivity contribution in [3.05, 3.63) is 35.4 Å². The molecule has 0 bridgehead atoms. The number of hydroxylamine groups is 2. The van der Waals surface area contributed by atoms with Gasteiger partial charge >= 0.3 is 5.97 Å². The Labute approximate surface area is 221 Å². The Morgan fingerprint density at radius 2 is 1.92 bits per heavy atom.